The van der Waals surface area contributed by atoms with Crippen molar-refractivity contribution >= 4 is 5.91 Å². The zero-order valence-corrected chi connectivity index (χ0v) is 12.9. The average Bonchev–Trinajstić information content (AvgIpc) is 3.26. The van der Waals surface area contributed by atoms with Crippen molar-refractivity contribution < 1.29 is 4.79 Å². The van der Waals surface area contributed by atoms with Crippen molar-refractivity contribution in [3.63, 3.8) is 0 Å². The van der Waals surface area contributed by atoms with Crippen LogP contribution in [0.5, 0.6) is 0 Å². The molecule has 2 atom stereocenters. The highest BCUT2D eigenvalue weighted by Gasteiger charge is 2.35. The predicted molar refractivity (Wildman–Crippen MR) is 83.2 cm³/mol. The van der Waals surface area contributed by atoms with Crippen LogP contribution in [0.15, 0.2) is 24.7 Å². The molecule has 3 rings (SSSR count). The van der Waals surface area contributed by atoms with Gasteiger partial charge in [0, 0.05) is 31.2 Å². The molecular formula is C15H19N7O. The molecule has 2 N–H and O–H groups in total. The van der Waals surface area contributed by atoms with Gasteiger partial charge in [0.1, 0.15) is 0 Å². The van der Waals surface area contributed by atoms with E-state index in [1.807, 2.05) is 13.1 Å². The molecule has 1 amide bonds. The second-order valence-electron chi connectivity index (χ2n) is 5.50. The van der Waals surface area contributed by atoms with E-state index in [2.05, 4.69) is 42.6 Å². The fourth-order valence-corrected chi connectivity index (χ4v) is 2.80. The van der Waals surface area contributed by atoms with Gasteiger partial charge in [-0.25, -0.2) is 4.68 Å². The molecule has 3 heterocycles. The first-order valence-electron chi connectivity index (χ1n) is 7.51. The van der Waals surface area contributed by atoms with Crippen molar-refractivity contribution in [1.82, 2.24) is 35.4 Å². The number of amides is 1. The Morgan fingerprint density at radius 2 is 2.39 bits per heavy atom. The lowest BCUT2D eigenvalue weighted by atomic mass is 10.1. The van der Waals surface area contributed by atoms with Crippen LogP contribution < -0.4 is 5.32 Å². The van der Waals surface area contributed by atoms with E-state index in [1.54, 1.807) is 23.1 Å². The zero-order chi connectivity index (χ0) is 16.1. The summed E-state index contributed by atoms with van der Waals surface area (Å²) in [5.41, 5.74) is 0.798. The van der Waals surface area contributed by atoms with Crippen LogP contribution in [0.4, 0.5) is 0 Å². The molecule has 1 aliphatic rings. The maximum absolute atomic E-state index is 12.3. The predicted octanol–water partition coefficient (Wildman–Crippen LogP) is -0.391. The molecule has 0 radical (unpaired) electrons. The Morgan fingerprint density at radius 1 is 1.48 bits per heavy atom. The highest BCUT2D eigenvalue weighted by Crippen LogP contribution is 2.21. The van der Waals surface area contributed by atoms with Crippen molar-refractivity contribution in [2.75, 3.05) is 19.6 Å². The number of likely N-dealkylation sites (tertiary alicyclic amines) is 1. The van der Waals surface area contributed by atoms with Crippen LogP contribution in [-0.4, -0.2) is 61.7 Å². The van der Waals surface area contributed by atoms with E-state index >= 15 is 0 Å². The lowest BCUT2D eigenvalue weighted by Gasteiger charge is -2.19. The molecule has 2 aromatic heterocycles. The van der Waals surface area contributed by atoms with Gasteiger partial charge in [-0.15, -0.1) is 11.0 Å². The summed E-state index contributed by atoms with van der Waals surface area (Å²) in [4.78, 5) is 14.5. The number of rotatable bonds is 5. The van der Waals surface area contributed by atoms with Crippen molar-refractivity contribution in [2.45, 2.75) is 25.4 Å². The third-order valence-electron chi connectivity index (χ3n) is 3.88. The van der Waals surface area contributed by atoms with Crippen molar-refractivity contribution in [3.8, 4) is 11.8 Å². The van der Waals surface area contributed by atoms with Crippen LogP contribution in [-0.2, 0) is 11.2 Å². The maximum atomic E-state index is 12.3. The van der Waals surface area contributed by atoms with E-state index in [9.17, 15) is 4.79 Å². The van der Waals surface area contributed by atoms with Gasteiger partial charge in [0.15, 0.2) is 0 Å². The van der Waals surface area contributed by atoms with Gasteiger partial charge < -0.3 is 5.32 Å². The van der Waals surface area contributed by atoms with Gasteiger partial charge in [0.2, 0.25) is 5.91 Å². The molecule has 0 unspecified atom stereocenters. The number of H-pyrrole nitrogens is 1. The molecule has 0 aromatic carbocycles. The Labute approximate surface area is 134 Å². The first kappa shape index (κ1) is 15.2. The van der Waals surface area contributed by atoms with Crippen LogP contribution in [0.1, 0.15) is 18.7 Å². The summed E-state index contributed by atoms with van der Waals surface area (Å²) in [5, 5.41) is 17.7. The largest absolute Gasteiger partial charge is 0.350 e. The smallest absolute Gasteiger partial charge is 0.226 e. The molecule has 0 bridgehead atoms. The third kappa shape index (κ3) is 3.76. The van der Waals surface area contributed by atoms with E-state index in [0.717, 1.165) is 18.8 Å². The number of hydrogen-bond acceptors (Lipinski definition) is 5. The monoisotopic (exact) mass is 313 g/mol. The number of aromatic nitrogens is 5. The fraction of sp³-hybridized carbons (Fsp3) is 0.467. The van der Waals surface area contributed by atoms with Gasteiger partial charge in [0.25, 0.3) is 0 Å². The number of hydrogen-bond donors (Lipinski definition) is 2. The second kappa shape index (κ2) is 7.07. The van der Waals surface area contributed by atoms with Crippen molar-refractivity contribution in [1.29, 1.82) is 0 Å². The number of nitrogens with zero attached hydrogens (tertiary/aromatic N) is 5. The highest BCUT2D eigenvalue weighted by molar-refractivity contribution is 5.78. The number of carbonyl (C=O) groups excluding carboxylic acids is 1. The van der Waals surface area contributed by atoms with Crippen LogP contribution >= 0.6 is 0 Å². The van der Waals surface area contributed by atoms with Crippen LogP contribution in [0.2, 0.25) is 0 Å². The molecule has 23 heavy (non-hydrogen) atoms. The summed E-state index contributed by atoms with van der Waals surface area (Å²) < 4.78 is 1.81. The molecule has 0 saturated carbocycles. The van der Waals surface area contributed by atoms with Gasteiger partial charge in [0.05, 0.1) is 31.2 Å². The average molecular weight is 313 g/mol. The minimum Gasteiger partial charge on any atom is -0.350 e. The Bertz CT molecular complexity index is 683. The second-order valence-corrected chi connectivity index (χ2v) is 5.50. The Balaban J connectivity index is 1.66. The molecule has 0 aliphatic carbocycles. The first-order valence-corrected chi connectivity index (χ1v) is 7.51. The van der Waals surface area contributed by atoms with E-state index < -0.39 is 0 Å². The van der Waals surface area contributed by atoms with E-state index in [0.29, 0.717) is 6.54 Å². The minimum atomic E-state index is -0.0345. The normalized spacial score (nSPS) is 20.9. The fourth-order valence-electron chi connectivity index (χ4n) is 2.80. The molecule has 1 aliphatic heterocycles. The lowest BCUT2D eigenvalue weighted by Crippen LogP contribution is -2.42. The first-order chi connectivity index (χ1) is 11.3. The molecular weight excluding hydrogens is 294 g/mol. The molecule has 8 nitrogen and oxygen atoms in total. The molecule has 1 fully saturated rings. The standard InChI is InChI=1S/C15H19N7O/c1-2-3-7-21-10-13(14(11-21)22-8-6-17-20-22)18-15(23)9-12-4-5-16-19-12/h4-6,8,13-14H,7,9-11H2,1H3,(H,16,19)(H,18,23)/t13-,14+/m1/s1. The molecule has 0 spiro atoms. The molecule has 2 aromatic rings. The van der Waals surface area contributed by atoms with E-state index in [1.165, 1.54) is 0 Å². The third-order valence-corrected chi connectivity index (χ3v) is 3.88. The van der Waals surface area contributed by atoms with Crippen LogP contribution in [0.25, 0.3) is 0 Å². The van der Waals surface area contributed by atoms with Gasteiger partial charge in [-0.05, 0) is 13.0 Å². The quantitative estimate of drug-likeness (QED) is 0.734. The van der Waals surface area contributed by atoms with Gasteiger partial charge in [-0.3, -0.25) is 14.8 Å². The topological polar surface area (TPSA) is 91.7 Å². The zero-order valence-electron chi connectivity index (χ0n) is 12.9. The minimum absolute atomic E-state index is 0.0224. The Kier molecular flexibility index (Phi) is 4.68. The van der Waals surface area contributed by atoms with Crippen LogP contribution in [0, 0.1) is 11.8 Å². The van der Waals surface area contributed by atoms with Crippen LogP contribution in [0.3, 0.4) is 0 Å². The Hall–Kier alpha value is -2.66. The van der Waals surface area contributed by atoms with E-state index in [-0.39, 0.29) is 24.4 Å². The number of nitrogens with one attached hydrogen (secondary N) is 2. The van der Waals surface area contributed by atoms with Gasteiger partial charge in [-0.2, -0.15) is 5.10 Å². The summed E-state index contributed by atoms with van der Waals surface area (Å²) in [7, 11) is 0. The SMILES string of the molecule is CC#CCN1C[C@@H](NC(=O)Cc2ccn[nH]2)[C@@H](n2ccnn2)C1. The van der Waals surface area contributed by atoms with Gasteiger partial charge in [-0.1, -0.05) is 11.1 Å². The number of aromatic amines is 1. The van der Waals surface area contributed by atoms with Crippen molar-refractivity contribution in [2.24, 2.45) is 0 Å². The summed E-state index contributed by atoms with van der Waals surface area (Å²) in [6.45, 7) is 4.05. The summed E-state index contributed by atoms with van der Waals surface area (Å²) >= 11 is 0. The molecule has 120 valence electrons. The summed E-state index contributed by atoms with van der Waals surface area (Å²) in [6, 6.07) is 1.83. The number of carbonyl (C=O) groups is 1. The molecule has 1 saturated heterocycles. The van der Waals surface area contributed by atoms with E-state index in [4.69, 9.17) is 0 Å². The molecule has 8 heteroatoms. The Morgan fingerprint density at radius 3 is 3.09 bits per heavy atom. The summed E-state index contributed by atoms with van der Waals surface area (Å²) in [5.74, 6) is 5.94. The highest BCUT2D eigenvalue weighted by atomic mass is 16.1. The summed E-state index contributed by atoms with van der Waals surface area (Å²) in [6.07, 6.45) is 5.41. The maximum Gasteiger partial charge on any atom is 0.226 e. The van der Waals surface area contributed by atoms with Crippen molar-refractivity contribution in [3.05, 3.63) is 30.4 Å². The van der Waals surface area contributed by atoms with Gasteiger partial charge >= 0.3 is 0 Å². The lowest BCUT2D eigenvalue weighted by molar-refractivity contribution is -0.121.